The van der Waals surface area contributed by atoms with Crippen LogP contribution >= 0.6 is 0 Å². The summed E-state index contributed by atoms with van der Waals surface area (Å²) in [4.78, 5) is 42.4. The second-order valence-corrected chi connectivity index (χ2v) is 9.76. The number of hydrogen-bond donors (Lipinski definition) is 4. The summed E-state index contributed by atoms with van der Waals surface area (Å²) in [6.45, 7) is 13.3. The number of amides is 2. The molecule has 1 heterocycles. The highest BCUT2D eigenvalue weighted by molar-refractivity contribution is 6.11. The number of aromatic nitrogens is 1. The van der Waals surface area contributed by atoms with E-state index in [0.717, 1.165) is 10.9 Å². The molecular formula is C25H35N3O4. The molecule has 0 aliphatic heterocycles. The molecule has 7 nitrogen and oxygen atoms in total. The maximum Gasteiger partial charge on any atom is 0.247 e. The molecule has 0 aliphatic rings. The van der Waals surface area contributed by atoms with Crippen molar-refractivity contribution in [2.75, 3.05) is 0 Å². The van der Waals surface area contributed by atoms with Crippen LogP contribution in [0.25, 0.3) is 10.9 Å². The molecule has 4 N–H and O–H groups in total. The summed E-state index contributed by atoms with van der Waals surface area (Å²) < 4.78 is 0. The third kappa shape index (κ3) is 5.85. The molecule has 0 radical (unpaired) electrons. The monoisotopic (exact) mass is 441 g/mol. The number of benzene rings is 1. The van der Waals surface area contributed by atoms with Crippen molar-refractivity contribution in [1.82, 2.24) is 15.8 Å². The van der Waals surface area contributed by atoms with Gasteiger partial charge in [-0.05, 0) is 30.2 Å². The third-order valence-electron chi connectivity index (χ3n) is 5.68. The highest BCUT2D eigenvalue weighted by Crippen LogP contribution is 2.29. The van der Waals surface area contributed by atoms with Gasteiger partial charge >= 0.3 is 0 Å². The lowest BCUT2D eigenvalue weighted by molar-refractivity contribution is -0.141. The molecule has 0 saturated heterocycles. The lowest BCUT2D eigenvalue weighted by Crippen LogP contribution is -2.52. The van der Waals surface area contributed by atoms with Crippen LogP contribution in [-0.4, -0.2) is 33.8 Å². The number of nitrogens with one attached hydrogen (secondary N) is 3. The summed E-state index contributed by atoms with van der Waals surface area (Å²) in [5.41, 5.74) is 2.46. The molecule has 0 unspecified atom stereocenters. The van der Waals surface area contributed by atoms with Gasteiger partial charge in [0.15, 0.2) is 5.78 Å². The van der Waals surface area contributed by atoms with E-state index in [1.807, 2.05) is 58.9 Å². The Labute approximate surface area is 189 Å². The number of aromatic amines is 1. The number of carbonyl (C=O) groups excluding carboxylic acids is 3. The Balaban J connectivity index is 2.40. The van der Waals surface area contributed by atoms with Crippen molar-refractivity contribution in [3.05, 3.63) is 48.7 Å². The van der Waals surface area contributed by atoms with E-state index in [4.69, 9.17) is 0 Å². The molecule has 1 aromatic carbocycles. The van der Waals surface area contributed by atoms with Gasteiger partial charge in [0.2, 0.25) is 11.8 Å². The van der Waals surface area contributed by atoms with Crippen molar-refractivity contribution in [1.29, 1.82) is 0 Å². The van der Waals surface area contributed by atoms with Gasteiger partial charge in [-0.15, -0.1) is 6.58 Å². The van der Waals surface area contributed by atoms with E-state index in [1.54, 1.807) is 17.8 Å². The predicted molar refractivity (Wildman–Crippen MR) is 125 cm³/mol. The van der Waals surface area contributed by atoms with Crippen LogP contribution in [-0.2, 0) is 9.59 Å². The second kappa shape index (κ2) is 10.6. The molecule has 0 saturated carbocycles. The van der Waals surface area contributed by atoms with E-state index in [-0.39, 0.29) is 24.0 Å². The van der Waals surface area contributed by atoms with E-state index in [0.29, 0.717) is 12.0 Å². The molecule has 2 rings (SSSR count). The van der Waals surface area contributed by atoms with Crippen molar-refractivity contribution < 1.29 is 19.6 Å². The first kappa shape index (κ1) is 25.3. The Kier molecular flexibility index (Phi) is 8.38. The topological polar surface area (TPSA) is 111 Å². The molecule has 0 fully saturated rings. The summed E-state index contributed by atoms with van der Waals surface area (Å²) in [7, 11) is 0. The van der Waals surface area contributed by atoms with Crippen LogP contribution in [0.5, 0.6) is 0 Å². The van der Waals surface area contributed by atoms with Crippen LogP contribution in [0, 0.1) is 23.2 Å². The third-order valence-corrected chi connectivity index (χ3v) is 5.68. The second-order valence-electron chi connectivity index (χ2n) is 9.76. The average Bonchev–Trinajstić information content (AvgIpc) is 3.16. The molecule has 2 aromatic rings. The quantitative estimate of drug-likeness (QED) is 0.191. The van der Waals surface area contributed by atoms with E-state index >= 15 is 0 Å². The number of fused-ring (bicyclic) bond motifs is 1. The molecule has 0 bridgehead atoms. The standard InChI is InChI=1S/C25H35N3O4/c1-7-10-17(24(31)28-32)18(13-15(2)3)23(30)27-22(25(4,5)6)21(29)19-14-26-20-12-9-8-11-16(19)20/h7-9,11-12,14-15,17-18,22,26,32H,1,10,13H2,2-6H3,(H,27,30)(H,28,31)/t17-,18-,22-/m1/s1. The first-order valence-corrected chi connectivity index (χ1v) is 11.0. The smallest absolute Gasteiger partial charge is 0.247 e. The summed E-state index contributed by atoms with van der Waals surface area (Å²) >= 11 is 0. The number of H-pyrrole nitrogens is 1. The Morgan fingerprint density at radius 2 is 1.78 bits per heavy atom. The van der Waals surface area contributed by atoms with Crippen LogP contribution in [0.15, 0.2) is 43.1 Å². The SMILES string of the molecule is C=CC[C@@H](C(=O)NO)[C@@H](CC(C)C)C(=O)N[C@H](C(=O)c1c[nH]c2ccccc12)C(C)(C)C. The number of carbonyl (C=O) groups is 3. The first-order chi connectivity index (χ1) is 15.0. The number of rotatable bonds is 10. The van der Waals surface area contributed by atoms with Crippen LogP contribution in [0.4, 0.5) is 0 Å². The number of hydrogen-bond acceptors (Lipinski definition) is 4. The summed E-state index contributed by atoms with van der Waals surface area (Å²) in [6.07, 6.45) is 3.88. The molecule has 2 amide bonds. The fraction of sp³-hybridized carbons (Fsp3) is 0.480. The van der Waals surface area contributed by atoms with Crippen molar-refractivity contribution >= 4 is 28.5 Å². The Morgan fingerprint density at radius 1 is 1.12 bits per heavy atom. The van der Waals surface area contributed by atoms with Gasteiger partial charge in [-0.2, -0.15) is 0 Å². The lowest BCUT2D eigenvalue weighted by atomic mass is 9.79. The normalized spacial score (nSPS) is 14.6. The maximum absolute atomic E-state index is 13.6. The van der Waals surface area contributed by atoms with Crippen molar-refractivity contribution in [3.8, 4) is 0 Å². The highest BCUT2D eigenvalue weighted by atomic mass is 16.5. The van der Waals surface area contributed by atoms with Gasteiger partial charge in [0.1, 0.15) is 0 Å². The van der Waals surface area contributed by atoms with Gasteiger partial charge in [0.25, 0.3) is 0 Å². The zero-order chi connectivity index (χ0) is 24.1. The Morgan fingerprint density at radius 3 is 2.34 bits per heavy atom. The number of Topliss-reactive ketones (excluding diaryl/α,β-unsaturated/α-hetero) is 1. The molecule has 174 valence electrons. The zero-order valence-electron chi connectivity index (χ0n) is 19.6. The lowest BCUT2D eigenvalue weighted by Gasteiger charge is -2.33. The average molecular weight is 442 g/mol. The van der Waals surface area contributed by atoms with E-state index < -0.39 is 29.2 Å². The largest absolute Gasteiger partial charge is 0.360 e. The van der Waals surface area contributed by atoms with Crippen LogP contribution in [0.3, 0.4) is 0 Å². The first-order valence-electron chi connectivity index (χ1n) is 11.0. The van der Waals surface area contributed by atoms with E-state index in [1.165, 1.54) is 0 Å². The van der Waals surface area contributed by atoms with E-state index in [9.17, 15) is 19.6 Å². The summed E-state index contributed by atoms with van der Waals surface area (Å²) in [6, 6.07) is 6.71. The number of allylic oxidation sites excluding steroid dienone is 1. The highest BCUT2D eigenvalue weighted by Gasteiger charge is 2.39. The number of para-hydroxylation sites is 1. The summed E-state index contributed by atoms with van der Waals surface area (Å²) in [5, 5.41) is 12.9. The Hall–Kier alpha value is -2.93. The number of hydroxylamine groups is 1. The predicted octanol–water partition coefficient (Wildman–Crippen LogP) is 4.24. The molecule has 3 atom stereocenters. The Bertz CT molecular complexity index is 971. The maximum atomic E-state index is 13.6. The van der Waals surface area contributed by atoms with E-state index in [2.05, 4.69) is 16.9 Å². The van der Waals surface area contributed by atoms with Crippen molar-refractivity contribution in [2.45, 2.75) is 53.5 Å². The van der Waals surface area contributed by atoms with Crippen molar-refractivity contribution in [2.24, 2.45) is 23.2 Å². The molecule has 0 spiro atoms. The van der Waals surface area contributed by atoms with Gasteiger partial charge in [-0.1, -0.05) is 58.9 Å². The molecule has 0 aliphatic carbocycles. The minimum Gasteiger partial charge on any atom is -0.360 e. The minimum absolute atomic E-state index is 0.127. The molecule has 7 heteroatoms. The van der Waals surface area contributed by atoms with Crippen LogP contribution in [0.1, 0.15) is 57.8 Å². The molecular weight excluding hydrogens is 406 g/mol. The zero-order valence-corrected chi connectivity index (χ0v) is 19.6. The molecule has 32 heavy (non-hydrogen) atoms. The van der Waals surface area contributed by atoms with Gasteiger partial charge in [0, 0.05) is 22.7 Å². The minimum atomic E-state index is -0.801. The fourth-order valence-corrected chi connectivity index (χ4v) is 4.03. The number of ketones is 1. The fourth-order valence-electron chi connectivity index (χ4n) is 4.03. The van der Waals surface area contributed by atoms with Gasteiger partial charge in [-0.25, -0.2) is 5.48 Å². The summed E-state index contributed by atoms with van der Waals surface area (Å²) in [5.74, 6) is -2.60. The van der Waals surface area contributed by atoms with Gasteiger partial charge in [0.05, 0.1) is 17.9 Å². The molecule has 1 aromatic heterocycles. The van der Waals surface area contributed by atoms with Crippen LogP contribution in [0.2, 0.25) is 0 Å². The van der Waals surface area contributed by atoms with Gasteiger partial charge in [-0.3, -0.25) is 19.6 Å². The van der Waals surface area contributed by atoms with Gasteiger partial charge < -0.3 is 10.3 Å². The van der Waals surface area contributed by atoms with Crippen LogP contribution < -0.4 is 10.8 Å². The van der Waals surface area contributed by atoms with Crippen molar-refractivity contribution in [3.63, 3.8) is 0 Å².